The molecule has 1 aromatic rings. The second-order valence-electron chi connectivity index (χ2n) is 7.66. The van der Waals surface area contributed by atoms with Crippen molar-refractivity contribution in [3.8, 4) is 0 Å². The van der Waals surface area contributed by atoms with E-state index in [1.165, 1.54) is 57.8 Å². The first-order chi connectivity index (χ1) is 13.6. The molecule has 158 valence electrons. The van der Waals surface area contributed by atoms with Crippen LogP contribution in [0.5, 0.6) is 0 Å². The molecule has 4 heteroatoms. The van der Waals surface area contributed by atoms with Crippen LogP contribution < -0.4 is 0 Å². The first kappa shape index (κ1) is 24.3. The molecule has 0 atom stereocenters. The van der Waals surface area contributed by atoms with E-state index in [-0.39, 0.29) is 5.78 Å². The fraction of sp³-hybridized carbons (Fsp3) is 0.708. The Hall–Kier alpha value is -1.71. The standard InChI is InChI=1S/C24H41N3O/c1-5-8-9-10-11-12-13-14-15-16-17-22-20-23(18-19-24(22)21(4)28)25-26-27(6-2)7-3/h18-20H,5-17H2,1-4H3. The van der Waals surface area contributed by atoms with Gasteiger partial charge in [0.2, 0.25) is 0 Å². The molecule has 1 rings (SSSR count). The Balaban J connectivity index is 2.45. The highest BCUT2D eigenvalue weighted by atomic mass is 16.1. The van der Waals surface area contributed by atoms with Crippen LogP contribution in [0.4, 0.5) is 5.69 Å². The lowest BCUT2D eigenvalue weighted by Gasteiger charge is -2.12. The van der Waals surface area contributed by atoms with E-state index in [1.807, 2.05) is 23.2 Å². The number of Topliss-reactive ketones (excluding diaryl/α,β-unsaturated/α-hetero) is 1. The molecule has 0 N–H and O–H groups in total. The van der Waals surface area contributed by atoms with Crippen molar-refractivity contribution in [3.05, 3.63) is 29.3 Å². The van der Waals surface area contributed by atoms with Crippen LogP contribution in [0.2, 0.25) is 0 Å². The van der Waals surface area contributed by atoms with Crippen LogP contribution in [-0.2, 0) is 6.42 Å². The largest absolute Gasteiger partial charge is 0.295 e. The van der Waals surface area contributed by atoms with Gasteiger partial charge < -0.3 is 0 Å². The Morgan fingerprint density at radius 3 is 1.96 bits per heavy atom. The Morgan fingerprint density at radius 2 is 1.43 bits per heavy atom. The Kier molecular flexibility index (Phi) is 13.2. The lowest BCUT2D eigenvalue weighted by atomic mass is 9.97. The summed E-state index contributed by atoms with van der Waals surface area (Å²) in [5, 5.41) is 10.5. The van der Waals surface area contributed by atoms with Crippen LogP contribution >= 0.6 is 0 Å². The van der Waals surface area contributed by atoms with Crippen LogP contribution in [0.1, 0.15) is 108 Å². The van der Waals surface area contributed by atoms with Gasteiger partial charge in [-0.3, -0.25) is 9.80 Å². The lowest BCUT2D eigenvalue weighted by molar-refractivity contribution is 0.101. The monoisotopic (exact) mass is 387 g/mol. The fourth-order valence-electron chi connectivity index (χ4n) is 3.46. The fourth-order valence-corrected chi connectivity index (χ4v) is 3.46. The number of rotatable bonds is 16. The van der Waals surface area contributed by atoms with Gasteiger partial charge in [0.05, 0.1) is 5.69 Å². The van der Waals surface area contributed by atoms with Crippen molar-refractivity contribution in [3.63, 3.8) is 0 Å². The highest BCUT2D eigenvalue weighted by molar-refractivity contribution is 5.95. The average Bonchev–Trinajstić information content (AvgIpc) is 2.70. The summed E-state index contributed by atoms with van der Waals surface area (Å²) < 4.78 is 0. The molecule has 0 heterocycles. The van der Waals surface area contributed by atoms with Crippen molar-refractivity contribution >= 4 is 11.5 Å². The van der Waals surface area contributed by atoms with Crippen LogP contribution in [-0.4, -0.2) is 23.9 Å². The molecule has 0 spiro atoms. The highest BCUT2D eigenvalue weighted by Gasteiger charge is 2.08. The number of nitrogens with zero attached hydrogens (tertiary/aromatic N) is 3. The van der Waals surface area contributed by atoms with Gasteiger partial charge in [-0.25, -0.2) is 0 Å². The van der Waals surface area contributed by atoms with Crippen molar-refractivity contribution in [2.75, 3.05) is 13.1 Å². The number of carbonyl (C=O) groups excluding carboxylic acids is 1. The van der Waals surface area contributed by atoms with Gasteiger partial charge in [0.1, 0.15) is 0 Å². The third kappa shape index (κ3) is 10.0. The Morgan fingerprint density at radius 1 is 0.857 bits per heavy atom. The van der Waals surface area contributed by atoms with E-state index in [0.717, 1.165) is 42.7 Å². The molecule has 0 bridgehead atoms. The summed E-state index contributed by atoms with van der Waals surface area (Å²) >= 11 is 0. The van der Waals surface area contributed by atoms with Crippen LogP contribution in [0, 0.1) is 0 Å². The van der Waals surface area contributed by atoms with Crippen molar-refractivity contribution in [2.24, 2.45) is 10.3 Å². The second-order valence-corrected chi connectivity index (χ2v) is 7.66. The van der Waals surface area contributed by atoms with Gasteiger partial charge in [-0.2, -0.15) is 0 Å². The van der Waals surface area contributed by atoms with Gasteiger partial charge in [-0.05, 0) is 57.4 Å². The smallest absolute Gasteiger partial charge is 0.160 e. The number of hydrogen-bond acceptors (Lipinski definition) is 3. The SMILES string of the molecule is CCCCCCCCCCCCc1cc(N=NN(CC)CC)ccc1C(C)=O. The maximum atomic E-state index is 12.0. The summed E-state index contributed by atoms with van der Waals surface area (Å²) in [6.07, 6.45) is 14.2. The molecule has 0 aliphatic rings. The van der Waals surface area contributed by atoms with E-state index in [1.54, 1.807) is 6.92 Å². The van der Waals surface area contributed by atoms with Crippen LogP contribution in [0.25, 0.3) is 0 Å². The molecule has 28 heavy (non-hydrogen) atoms. The Bertz CT molecular complexity index is 579. The number of carbonyl (C=O) groups is 1. The number of ketones is 1. The first-order valence-corrected chi connectivity index (χ1v) is 11.4. The van der Waals surface area contributed by atoms with E-state index in [4.69, 9.17) is 0 Å². The van der Waals surface area contributed by atoms with Gasteiger partial charge >= 0.3 is 0 Å². The van der Waals surface area contributed by atoms with E-state index in [9.17, 15) is 4.79 Å². The third-order valence-electron chi connectivity index (χ3n) is 5.28. The highest BCUT2D eigenvalue weighted by Crippen LogP contribution is 2.22. The van der Waals surface area contributed by atoms with Gasteiger partial charge in [0.15, 0.2) is 5.78 Å². The summed E-state index contributed by atoms with van der Waals surface area (Å²) in [7, 11) is 0. The number of aryl methyl sites for hydroxylation is 1. The summed E-state index contributed by atoms with van der Waals surface area (Å²) in [6, 6.07) is 5.84. The third-order valence-corrected chi connectivity index (χ3v) is 5.28. The van der Waals surface area contributed by atoms with Crippen molar-refractivity contribution in [1.29, 1.82) is 0 Å². The molecular formula is C24H41N3O. The van der Waals surface area contributed by atoms with Gasteiger partial charge in [-0.1, -0.05) is 69.9 Å². The predicted molar refractivity (Wildman–Crippen MR) is 119 cm³/mol. The molecule has 0 aromatic heterocycles. The molecule has 0 saturated carbocycles. The minimum Gasteiger partial charge on any atom is -0.295 e. The summed E-state index contributed by atoms with van der Waals surface area (Å²) in [6.45, 7) is 9.74. The van der Waals surface area contributed by atoms with Crippen LogP contribution in [0.3, 0.4) is 0 Å². The molecule has 0 fully saturated rings. The maximum Gasteiger partial charge on any atom is 0.160 e. The van der Waals surface area contributed by atoms with Crippen molar-refractivity contribution in [2.45, 2.75) is 98.3 Å². The molecular weight excluding hydrogens is 346 g/mol. The molecule has 0 unspecified atom stereocenters. The molecule has 0 aliphatic heterocycles. The minimum atomic E-state index is 0.134. The second kappa shape index (κ2) is 15.2. The summed E-state index contributed by atoms with van der Waals surface area (Å²) in [4.78, 5) is 12.0. The topological polar surface area (TPSA) is 45.0 Å². The number of unbranched alkanes of at least 4 members (excludes halogenated alkanes) is 9. The first-order valence-electron chi connectivity index (χ1n) is 11.4. The molecule has 1 aromatic carbocycles. The summed E-state index contributed by atoms with van der Waals surface area (Å²) in [5.41, 5.74) is 2.78. The summed E-state index contributed by atoms with van der Waals surface area (Å²) in [5.74, 6) is 0.134. The normalized spacial score (nSPS) is 11.3. The number of benzene rings is 1. The molecule has 0 amide bonds. The van der Waals surface area contributed by atoms with E-state index < -0.39 is 0 Å². The number of hydrogen-bond donors (Lipinski definition) is 0. The zero-order valence-electron chi connectivity index (χ0n) is 18.7. The van der Waals surface area contributed by atoms with E-state index in [2.05, 4.69) is 31.1 Å². The molecule has 4 nitrogen and oxygen atoms in total. The van der Waals surface area contributed by atoms with Crippen LogP contribution in [0.15, 0.2) is 28.5 Å². The maximum absolute atomic E-state index is 12.0. The van der Waals surface area contributed by atoms with E-state index >= 15 is 0 Å². The average molecular weight is 388 g/mol. The minimum absolute atomic E-state index is 0.134. The molecule has 0 radical (unpaired) electrons. The lowest BCUT2D eigenvalue weighted by Crippen LogP contribution is -2.14. The zero-order chi connectivity index (χ0) is 20.6. The molecule has 0 aliphatic carbocycles. The quantitative estimate of drug-likeness (QED) is 0.126. The molecule has 0 saturated heterocycles. The van der Waals surface area contributed by atoms with E-state index in [0.29, 0.717) is 0 Å². The van der Waals surface area contributed by atoms with Gasteiger partial charge in [0, 0.05) is 18.7 Å². The van der Waals surface area contributed by atoms with Gasteiger partial charge in [-0.15, -0.1) is 5.11 Å². The zero-order valence-corrected chi connectivity index (χ0v) is 18.7. The van der Waals surface area contributed by atoms with Crippen molar-refractivity contribution < 1.29 is 4.79 Å². The predicted octanol–water partition coefficient (Wildman–Crippen LogP) is 7.69. The van der Waals surface area contributed by atoms with Crippen molar-refractivity contribution in [1.82, 2.24) is 5.01 Å². The van der Waals surface area contributed by atoms with Gasteiger partial charge in [0.25, 0.3) is 0 Å². The Labute approximate surface area is 172 Å².